The number of anilines is 1. The molecule has 1 aromatic heterocycles. The number of oxazole rings is 1. The molecule has 10 nitrogen and oxygen atoms in total. The van der Waals surface area contributed by atoms with Crippen LogP contribution in [-0.4, -0.2) is 44.0 Å². The molecule has 198 valence electrons. The molecule has 0 amide bonds. The van der Waals surface area contributed by atoms with Crippen LogP contribution in [0.1, 0.15) is 31.2 Å². The second-order valence-electron chi connectivity index (χ2n) is 8.57. The van der Waals surface area contributed by atoms with E-state index in [2.05, 4.69) is 0 Å². The average Bonchev–Trinajstić information content (AvgIpc) is 3.35. The van der Waals surface area contributed by atoms with E-state index in [4.69, 9.17) is 18.3 Å². The fourth-order valence-corrected chi connectivity index (χ4v) is 5.28. The van der Waals surface area contributed by atoms with Crippen LogP contribution >= 0.6 is 0 Å². The molecule has 4 rings (SSSR count). The molecular formula is C25H29N2O8S2+. The predicted molar refractivity (Wildman–Crippen MR) is 139 cm³/mol. The van der Waals surface area contributed by atoms with Gasteiger partial charge in [-0.2, -0.15) is 21.4 Å². The Balaban J connectivity index is 1.63. The molecule has 3 aromatic rings. The van der Waals surface area contributed by atoms with E-state index < -0.39 is 20.2 Å². The second-order valence-corrected chi connectivity index (χ2v) is 11.7. The van der Waals surface area contributed by atoms with Crippen molar-refractivity contribution in [3.63, 3.8) is 0 Å². The highest BCUT2D eigenvalue weighted by Gasteiger charge is 2.26. The van der Waals surface area contributed by atoms with Gasteiger partial charge in [-0.25, -0.2) is 0 Å². The summed E-state index contributed by atoms with van der Waals surface area (Å²) in [7, 11) is -8.16. The maximum absolute atomic E-state index is 11.2. The monoisotopic (exact) mass is 549 g/mol. The Labute approximate surface area is 216 Å². The second kappa shape index (κ2) is 11.1. The third-order valence-electron chi connectivity index (χ3n) is 5.90. The van der Waals surface area contributed by atoms with Crippen molar-refractivity contribution in [3.05, 3.63) is 72.0 Å². The van der Waals surface area contributed by atoms with Crippen molar-refractivity contribution in [2.24, 2.45) is 0 Å². The van der Waals surface area contributed by atoms with Gasteiger partial charge in [-0.3, -0.25) is 9.11 Å². The number of hydrogen-bond donors (Lipinski definition) is 2. The maximum Gasteiger partial charge on any atom is 0.374 e. The van der Waals surface area contributed by atoms with E-state index in [-0.39, 0.29) is 24.3 Å². The van der Waals surface area contributed by atoms with Crippen molar-refractivity contribution < 1.29 is 39.7 Å². The Kier molecular flexibility index (Phi) is 8.02. The molecule has 37 heavy (non-hydrogen) atoms. The lowest BCUT2D eigenvalue weighted by Crippen LogP contribution is -2.36. The first kappa shape index (κ1) is 26.9. The van der Waals surface area contributed by atoms with E-state index in [1.165, 1.54) is 0 Å². The Bertz CT molecular complexity index is 1560. The Morgan fingerprint density at radius 2 is 1.70 bits per heavy atom. The molecule has 0 saturated heterocycles. The van der Waals surface area contributed by atoms with Gasteiger partial charge in [-0.15, -0.1) is 0 Å². The number of nitrogens with zero attached hydrogens (tertiary/aromatic N) is 2. The van der Waals surface area contributed by atoms with Crippen molar-refractivity contribution in [1.82, 2.24) is 0 Å². The molecule has 0 unspecified atom stereocenters. The van der Waals surface area contributed by atoms with Gasteiger partial charge in [0, 0.05) is 18.5 Å². The van der Waals surface area contributed by atoms with Crippen molar-refractivity contribution in [1.29, 1.82) is 0 Å². The summed E-state index contributed by atoms with van der Waals surface area (Å²) in [6.45, 7) is 2.66. The van der Waals surface area contributed by atoms with E-state index in [1.807, 2.05) is 58.9 Å². The quantitative estimate of drug-likeness (QED) is 0.271. The molecule has 0 saturated carbocycles. The van der Waals surface area contributed by atoms with Crippen LogP contribution in [0.2, 0.25) is 0 Å². The van der Waals surface area contributed by atoms with Crippen molar-refractivity contribution >= 4 is 43.1 Å². The summed E-state index contributed by atoms with van der Waals surface area (Å²) in [4.78, 5) is 1.83. The number of fused-ring (bicyclic) bond motifs is 2. The smallest absolute Gasteiger partial charge is 0.374 e. The molecule has 0 aliphatic carbocycles. The van der Waals surface area contributed by atoms with Gasteiger partial charge >= 0.3 is 5.89 Å². The number of ether oxygens (including phenoxy) is 1. The Hall–Kier alpha value is -3.19. The zero-order valence-corrected chi connectivity index (χ0v) is 21.9. The number of rotatable bonds is 11. The third-order valence-corrected chi connectivity index (χ3v) is 7.51. The number of allylic oxidation sites excluding steroid dienone is 2. The molecule has 1 aliphatic rings. The summed E-state index contributed by atoms with van der Waals surface area (Å²) in [5.74, 6) is 0.883. The molecule has 0 spiro atoms. The highest BCUT2D eigenvalue weighted by molar-refractivity contribution is 7.86. The Morgan fingerprint density at radius 3 is 2.43 bits per heavy atom. The summed E-state index contributed by atoms with van der Waals surface area (Å²) < 4.78 is 77.0. The summed E-state index contributed by atoms with van der Waals surface area (Å²) in [5, 5.41) is 0. The van der Waals surface area contributed by atoms with Crippen molar-refractivity contribution in [2.75, 3.05) is 23.0 Å². The van der Waals surface area contributed by atoms with E-state index in [1.54, 1.807) is 18.2 Å². The van der Waals surface area contributed by atoms with Crippen LogP contribution < -0.4 is 14.2 Å². The predicted octanol–water partition coefficient (Wildman–Crippen LogP) is 3.59. The molecule has 2 aromatic carbocycles. The van der Waals surface area contributed by atoms with Gasteiger partial charge in [-0.05, 0) is 43.2 Å². The first-order valence-electron chi connectivity index (χ1n) is 11.8. The van der Waals surface area contributed by atoms with E-state index in [0.29, 0.717) is 36.2 Å². The van der Waals surface area contributed by atoms with Gasteiger partial charge in [0.05, 0.1) is 23.3 Å². The molecule has 0 fully saturated rings. The SMILES string of the molecule is CCc1cccc2oc(C=CC=C3Oc4ccccc4N3CCCS(=O)(=O)O)[n+](CCCS(=O)(=O)O)c12. The lowest BCUT2D eigenvalue weighted by molar-refractivity contribution is -0.678. The largest absolute Gasteiger partial charge is 0.439 e. The molecule has 2 heterocycles. The van der Waals surface area contributed by atoms with Gasteiger partial charge in [0.1, 0.15) is 0 Å². The fraction of sp³-hybridized carbons (Fsp3) is 0.320. The van der Waals surface area contributed by atoms with Crippen LogP contribution in [0.15, 0.2) is 64.9 Å². The number of hydrogen-bond acceptors (Lipinski definition) is 7. The van der Waals surface area contributed by atoms with E-state index in [9.17, 15) is 16.8 Å². The minimum atomic E-state index is -4.08. The molecule has 0 atom stereocenters. The highest BCUT2D eigenvalue weighted by atomic mass is 32.2. The third kappa shape index (κ3) is 6.77. The van der Waals surface area contributed by atoms with Crippen LogP contribution in [0, 0.1) is 0 Å². The van der Waals surface area contributed by atoms with E-state index >= 15 is 0 Å². The first-order valence-corrected chi connectivity index (χ1v) is 15.0. The number of aryl methyl sites for hydroxylation is 2. The number of benzene rings is 2. The highest BCUT2D eigenvalue weighted by Crippen LogP contribution is 2.38. The van der Waals surface area contributed by atoms with Crippen LogP contribution in [0.3, 0.4) is 0 Å². The van der Waals surface area contributed by atoms with Gasteiger partial charge in [0.25, 0.3) is 25.8 Å². The minimum absolute atomic E-state index is 0.203. The van der Waals surface area contributed by atoms with Gasteiger partial charge < -0.3 is 14.1 Å². The Morgan fingerprint density at radius 1 is 0.973 bits per heavy atom. The molecule has 1 aliphatic heterocycles. The lowest BCUT2D eigenvalue weighted by atomic mass is 10.1. The zero-order valence-electron chi connectivity index (χ0n) is 20.3. The van der Waals surface area contributed by atoms with Gasteiger partial charge in [0.2, 0.25) is 11.5 Å². The summed E-state index contributed by atoms with van der Waals surface area (Å²) in [5.41, 5.74) is 3.36. The standard InChI is InChI=1S/C25H28N2O8S2/c1-2-19-9-5-12-22-25(19)27(16-8-18-37(31,32)33)24(35-22)14-6-13-23-26(15-7-17-36(28,29)30)20-10-3-4-11-21(20)34-23/h3-6,9-14H,2,7-8,15-18H2,1H3,(H-,28,29,30,31,32,33)/p+1. The van der Waals surface area contributed by atoms with E-state index in [0.717, 1.165) is 23.2 Å². The van der Waals surface area contributed by atoms with Crippen LogP contribution in [0.4, 0.5) is 5.69 Å². The van der Waals surface area contributed by atoms with Crippen molar-refractivity contribution in [3.8, 4) is 5.75 Å². The summed E-state index contributed by atoms with van der Waals surface area (Å²) in [6, 6.07) is 13.1. The van der Waals surface area contributed by atoms with Crippen LogP contribution in [-0.2, 0) is 33.2 Å². The molecule has 0 bridgehead atoms. The molecular weight excluding hydrogens is 520 g/mol. The normalized spacial score (nSPS) is 15.1. The maximum atomic E-state index is 11.2. The molecule has 12 heteroatoms. The average molecular weight is 550 g/mol. The fourth-order valence-electron chi connectivity index (χ4n) is 4.30. The summed E-state index contributed by atoms with van der Waals surface area (Å²) >= 11 is 0. The van der Waals surface area contributed by atoms with Crippen LogP contribution in [0.25, 0.3) is 17.2 Å². The summed E-state index contributed by atoms with van der Waals surface area (Å²) in [6.07, 6.45) is 6.37. The molecule has 0 radical (unpaired) electrons. The van der Waals surface area contributed by atoms with Crippen LogP contribution in [0.5, 0.6) is 5.75 Å². The lowest BCUT2D eigenvalue weighted by Gasteiger charge is -2.17. The van der Waals surface area contributed by atoms with Gasteiger partial charge in [-0.1, -0.05) is 31.2 Å². The topological polar surface area (TPSA) is 138 Å². The first-order chi connectivity index (χ1) is 17.6. The number of aromatic nitrogens is 1. The number of para-hydroxylation sites is 3. The zero-order chi connectivity index (χ0) is 26.6. The molecule has 2 N–H and O–H groups in total. The van der Waals surface area contributed by atoms with Gasteiger partial charge in [0.15, 0.2) is 12.3 Å². The minimum Gasteiger partial charge on any atom is -0.439 e. The van der Waals surface area contributed by atoms with Crippen molar-refractivity contribution in [2.45, 2.75) is 32.7 Å².